The number of para-hydroxylation sites is 1. The molecule has 0 spiro atoms. The molecule has 2 heterocycles. The fourth-order valence-electron chi connectivity index (χ4n) is 5.85. The Morgan fingerprint density at radius 2 is 1.39 bits per heavy atom. The van der Waals surface area contributed by atoms with Crippen molar-refractivity contribution in [2.24, 2.45) is 0 Å². The molecule has 2 N–H and O–H groups in total. The van der Waals surface area contributed by atoms with E-state index in [1.165, 1.54) is 83.5 Å². The summed E-state index contributed by atoms with van der Waals surface area (Å²) >= 11 is 2.12. The van der Waals surface area contributed by atoms with Gasteiger partial charge in [0, 0.05) is 24.8 Å². The van der Waals surface area contributed by atoms with E-state index in [1.807, 2.05) is 22.9 Å². The third-order valence-electron chi connectivity index (χ3n) is 8.48. The van der Waals surface area contributed by atoms with Crippen molar-refractivity contribution in [3.8, 4) is 0 Å². The average Bonchev–Trinajstić information content (AvgIpc) is 3.41. The van der Waals surface area contributed by atoms with E-state index < -0.39 is 0 Å². The Labute approximate surface area is 280 Å². The zero-order chi connectivity index (χ0) is 31.2. The highest BCUT2D eigenvalue weighted by molar-refractivity contribution is 14.1. The molecule has 1 aromatic carbocycles. The molecule has 1 amide bonds. The molecule has 0 saturated carbocycles. The van der Waals surface area contributed by atoms with Crippen LogP contribution in [0.5, 0.6) is 0 Å². The number of carbonyl (C=O) groups excluding carboxylic acids is 1. The van der Waals surface area contributed by atoms with E-state index in [1.54, 1.807) is 0 Å². The second-order valence-corrected chi connectivity index (χ2v) is 12.8. The van der Waals surface area contributed by atoms with Crippen molar-refractivity contribution in [2.45, 2.75) is 149 Å². The number of imidazole rings is 1. The van der Waals surface area contributed by atoms with Crippen molar-refractivity contribution in [3.63, 3.8) is 0 Å². The number of carbonyl (C=O) groups is 1. The number of rotatable bonds is 26. The predicted octanol–water partition coefficient (Wildman–Crippen LogP) is 10.3. The van der Waals surface area contributed by atoms with E-state index in [4.69, 9.17) is 14.8 Å². The first-order valence-corrected chi connectivity index (χ1v) is 18.8. The highest BCUT2D eigenvalue weighted by Gasteiger charge is 2.19. The van der Waals surface area contributed by atoms with Crippen molar-refractivity contribution in [3.05, 3.63) is 30.1 Å². The molecule has 0 bridgehead atoms. The lowest BCUT2D eigenvalue weighted by Crippen LogP contribution is -2.24. The standard InChI is InChI=1S/C36H58IN5O2/c1-3-5-7-8-9-10-11-12-13-14-15-16-17-18-19-27-33(43)38-28-22-23-29-44-42-32(26-6-4-2)40-34-35(42)30-24-20-21-25-31(30)39-36(34)41-37/h20-21,24-25H,3-19,22-23,26-29H2,1-2H3,(H,38,43)(H,39,41). The van der Waals surface area contributed by atoms with Crippen LogP contribution < -0.4 is 13.7 Å². The number of hydrogen-bond acceptors (Lipinski definition) is 5. The number of nitrogens with one attached hydrogen (secondary N) is 2. The Bertz CT molecular complexity index is 1210. The minimum Gasteiger partial charge on any atom is -0.412 e. The number of halogens is 1. The van der Waals surface area contributed by atoms with Gasteiger partial charge in [0.1, 0.15) is 23.5 Å². The number of nitrogens with zero attached hydrogens (tertiary/aromatic N) is 3. The van der Waals surface area contributed by atoms with Gasteiger partial charge in [0.05, 0.1) is 28.4 Å². The summed E-state index contributed by atoms with van der Waals surface area (Å²) in [6.45, 7) is 5.75. The van der Waals surface area contributed by atoms with Crippen LogP contribution in [0.25, 0.3) is 21.9 Å². The average molecular weight is 720 g/mol. The Kier molecular flexibility index (Phi) is 18.5. The molecule has 0 unspecified atom stereocenters. The number of aromatic nitrogens is 3. The molecule has 0 aliphatic carbocycles. The monoisotopic (exact) mass is 719 g/mol. The van der Waals surface area contributed by atoms with Gasteiger partial charge in [0.15, 0.2) is 5.82 Å². The van der Waals surface area contributed by atoms with E-state index >= 15 is 0 Å². The smallest absolute Gasteiger partial charge is 0.219 e. The highest BCUT2D eigenvalue weighted by atomic mass is 127. The number of amides is 1. The number of anilines is 1. The fraction of sp³-hybridized carbons (Fsp3) is 0.694. The zero-order valence-electron chi connectivity index (χ0n) is 27.6. The molecule has 0 aliphatic rings. The molecule has 44 heavy (non-hydrogen) atoms. The fourth-order valence-corrected chi connectivity index (χ4v) is 6.23. The molecule has 8 heteroatoms. The number of aryl methyl sites for hydroxylation is 1. The van der Waals surface area contributed by atoms with Gasteiger partial charge in [-0.05, 0) is 31.7 Å². The second-order valence-electron chi connectivity index (χ2n) is 12.3. The van der Waals surface area contributed by atoms with Crippen molar-refractivity contribution in [1.82, 2.24) is 20.0 Å². The molecule has 246 valence electrons. The Morgan fingerprint density at radius 1 is 0.773 bits per heavy atom. The van der Waals surface area contributed by atoms with Crippen LogP contribution in [0.3, 0.4) is 0 Å². The lowest BCUT2D eigenvalue weighted by atomic mass is 10.0. The molecule has 0 radical (unpaired) electrons. The lowest BCUT2D eigenvalue weighted by molar-refractivity contribution is -0.121. The number of fused-ring (bicyclic) bond motifs is 3. The van der Waals surface area contributed by atoms with Crippen LogP contribution in [0, 0.1) is 0 Å². The van der Waals surface area contributed by atoms with Crippen LogP contribution in [-0.4, -0.2) is 33.8 Å². The van der Waals surface area contributed by atoms with Crippen molar-refractivity contribution >= 4 is 56.5 Å². The summed E-state index contributed by atoms with van der Waals surface area (Å²) in [6, 6.07) is 8.15. The first kappa shape index (κ1) is 36.4. The summed E-state index contributed by atoms with van der Waals surface area (Å²) in [4.78, 5) is 28.4. The number of unbranched alkanes of at least 4 members (excludes halogenated alkanes) is 16. The minimum absolute atomic E-state index is 0.181. The first-order chi connectivity index (χ1) is 21.7. The van der Waals surface area contributed by atoms with E-state index in [0.29, 0.717) is 19.6 Å². The highest BCUT2D eigenvalue weighted by Crippen LogP contribution is 2.30. The molecule has 7 nitrogen and oxygen atoms in total. The zero-order valence-corrected chi connectivity index (χ0v) is 29.8. The van der Waals surface area contributed by atoms with Gasteiger partial charge in [0.25, 0.3) is 0 Å². The van der Waals surface area contributed by atoms with Gasteiger partial charge in [-0.25, -0.2) is 9.97 Å². The molecule has 0 saturated heterocycles. The molecule has 3 aromatic rings. The van der Waals surface area contributed by atoms with Gasteiger partial charge in [0.2, 0.25) is 5.91 Å². The molecule has 3 rings (SSSR count). The topological polar surface area (TPSA) is 81.1 Å². The summed E-state index contributed by atoms with van der Waals surface area (Å²) in [5.74, 6) is 1.88. The number of benzene rings is 1. The van der Waals surface area contributed by atoms with Crippen molar-refractivity contribution < 1.29 is 9.63 Å². The van der Waals surface area contributed by atoms with Crippen LogP contribution in [0.2, 0.25) is 0 Å². The number of hydrogen-bond donors (Lipinski definition) is 2. The second kappa shape index (κ2) is 22.4. The maximum Gasteiger partial charge on any atom is 0.219 e. The van der Waals surface area contributed by atoms with E-state index in [0.717, 1.165) is 78.5 Å². The maximum absolute atomic E-state index is 12.3. The summed E-state index contributed by atoms with van der Waals surface area (Å²) in [6.07, 6.45) is 25.5. The summed E-state index contributed by atoms with van der Waals surface area (Å²) in [5, 5.41) is 4.14. The van der Waals surface area contributed by atoms with Crippen LogP contribution in [-0.2, 0) is 11.2 Å². The lowest BCUT2D eigenvalue weighted by Gasteiger charge is -2.13. The van der Waals surface area contributed by atoms with Gasteiger partial charge in [-0.2, -0.15) is 4.73 Å². The SMILES string of the molecule is CCCCCCCCCCCCCCCCCC(=O)NCCCCOn1c(CCCC)nc2c(NI)nc3ccccc3c21. The van der Waals surface area contributed by atoms with Gasteiger partial charge < -0.3 is 13.7 Å². The molecular weight excluding hydrogens is 661 g/mol. The Hall–Kier alpha value is -2.10. The normalized spacial score (nSPS) is 11.4. The predicted molar refractivity (Wildman–Crippen MR) is 195 cm³/mol. The largest absolute Gasteiger partial charge is 0.412 e. The summed E-state index contributed by atoms with van der Waals surface area (Å²) in [5.41, 5.74) is 2.73. The summed E-state index contributed by atoms with van der Waals surface area (Å²) < 4.78 is 5.12. The van der Waals surface area contributed by atoms with Crippen LogP contribution >= 0.6 is 22.9 Å². The molecule has 0 atom stereocenters. The van der Waals surface area contributed by atoms with Crippen LogP contribution in [0.15, 0.2) is 24.3 Å². The van der Waals surface area contributed by atoms with Gasteiger partial charge in [-0.15, -0.1) is 0 Å². The minimum atomic E-state index is 0.181. The molecule has 0 fully saturated rings. The Morgan fingerprint density at radius 3 is 2.02 bits per heavy atom. The maximum atomic E-state index is 12.3. The number of pyridine rings is 1. The molecular formula is C36H58IN5O2. The third-order valence-corrected chi connectivity index (χ3v) is 8.99. The molecule has 2 aromatic heterocycles. The van der Waals surface area contributed by atoms with Crippen molar-refractivity contribution in [2.75, 3.05) is 16.7 Å². The van der Waals surface area contributed by atoms with E-state index in [9.17, 15) is 4.79 Å². The molecule has 0 aliphatic heterocycles. The van der Waals surface area contributed by atoms with Crippen LogP contribution in [0.4, 0.5) is 5.82 Å². The van der Waals surface area contributed by atoms with Crippen LogP contribution in [0.1, 0.15) is 148 Å². The first-order valence-electron chi connectivity index (χ1n) is 17.8. The van der Waals surface area contributed by atoms with Crippen molar-refractivity contribution in [1.29, 1.82) is 0 Å². The third kappa shape index (κ3) is 12.7. The Balaban J connectivity index is 1.26. The van der Waals surface area contributed by atoms with E-state index in [2.05, 4.69) is 51.6 Å². The van der Waals surface area contributed by atoms with Gasteiger partial charge in [-0.3, -0.25) is 4.79 Å². The van der Waals surface area contributed by atoms with Gasteiger partial charge in [-0.1, -0.05) is 128 Å². The quantitative estimate of drug-likeness (QED) is 0.0491. The summed E-state index contributed by atoms with van der Waals surface area (Å²) in [7, 11) is 0. The van der Waals surface area contributed by atoms with E-state index in [-0.39, 0.29) is 5.91 Å². The van der Waals surface area contributed by atoms with Gasteiger partial charge >= 0.3 is 0 Å².